The van der Waals surface area contributed by atoms with E-state index in [0.717, 1.165) is 24.3 Å². The molecule has 2 amide bonds. The minimum absolute atomic E-state index is 0.0412. The Labute approximate surface area is 257 Å². The predicted molar refractivity (Wildman–Crippen MR) is 151 cm³/mol. The van der Waals surface area contributed by atoms with E-state index in [1.165, 1.54) is 36.0 Å². The fourth-order valence-electron chi connectivity index (χ4n) is 4.53. The lowest BCUT2D eigenvalue weighted by atomic mass is 10.0. The van der Waals surface area contributed by atoms with Gasteiger partial charge >= 0.3 is 18.2 Å². The van der Waals surface area contributed by atoms with Gasteiger partial charge in [0.25, 0.3) is 15.9 Å². The van der Waals surface area contributed by atoms with Crippen molar-refractivity contribution in [1.29, 1.82) is 0 Å². The van der Waals surface area contributed by atoms with Gasteiger partial charge in [-0.2, -0.15) is 13.2 Å². The maximum absolute atomic E-state index is 14.3. The number of nitrogens with one attached hydrogen (secondary N) is 2. The monoisotopic (exact) mass is 661 g/mol. The van der Waals surface area contributed by atoms with Crippen LogP contribution in [0.3, 0.4) is 0 Å². The Kier molecular flexibility index (Phi) is 9.46. The van der Waals surface area contributed by atoms with Crippen LogP contribution in [0.2, 0.25) is 0 Å². The number of hydrogen-bond acceptors (Lipinski definition) is 10. The quantitative estimate of drug-likeness (QED) is 0.341. The highest BCUT2D eigenvalue weighted by Crippen LogP contribution is 2.43. The minimum atomic E-state index is -4.85. The lowest BCUT2D eigenvalue weighted by molar-refractivity contribution is -0.242. The van der Waals surface area contributed by atoms with Crippen molar-refractivity contribution >= 4 is 39.4 Å². The Morgan fingerprint density at radius 1 is 1.20 bits per heavy atom. The average molecular weight is 662 g/mol. The summed E-state index contributed by atoms with van der Waals surface area (Å²) in [5.74, 6) is -1.39. The van der Waals surface area contributed by atoms with Crippen LogP contribution in [0, 0.1) is 5.92 Å². The molecule has 1 saturated carbocycles. The maximum atomic E-state index is 14.3. The summed E-state index contributed by atoms with van der Waals surface area (Å²) in [6.45, 7) is 3.73. The van der Waals surface area contributed by atoms with Gasteiger partial charge in [0.15, 0.2) is 11.5 Å². The van der Waals surface area contributed by atoms with Crippen molar-refractivity contribution in [3.05, 3.63) is 24.4 Å². The number of fused-ring (bicyclic) bond motifs is 1. The summed E-state index contributed by atoms with van der Waals surface area (Å²) in [4.78, 5) is 35.8. The van der Waals surface area contributed by atoms with Crippen molar-refractivity contribution < 1.29 is 54.9 Å². The first-order chi connectivity index (χ1) is 21.0. The van der Waals surface area contributed by atoms with E-state index in [1.54, 1.807) is 6.92 Å². The van der Waals surface area contributed by atoms with Gasteiger partial charge in [0.05, 0.1) is 25.4 Å². The number of ether oxygens (including phenoxy) is 4. The molecule has 0 radical (unpaired) electrons. The van der Waals surface area contributed by atoms with Crippen LogP contribution in [0.15, 0.2) is 29.3 Å². The molecule has 0 saturated heterocycles. The third-order valence-corrected chi connectivity index (χ3v) is 8.93. The number of hydrogen-bond donors (Lipinski definition) is 2. The summed E-state index contributed by atoms with van der Waals surface area (Å²) in [5, 5.41) is 9.16. The molecule has 2 heterocycles. The Balaban J connectivity index is 1.75. The van der Waals surface area contributed by atoms with Gasteiger partial charge in [-0.15, -0.1) is 5.10 Å². The third kappa shape index (κ3) is 7.54. The summed E-state index contributed by atoms with van der Waals surface area (Å²) in [5.41, 5.74) is -2.97. The van der Waals surface area contributed by atoms with Gasteiger partial charge in [-0.25, -0.2) is 18.0 Å². The standard InChI is InChI=1S/C27H34F3N5O9S/c1-6-34-13-21(24(33-34)42-14-22(37)41-5)45(39,40)35-12-20(23(16-7-8-16)31-15(2)36)43-19-10-9-17(11-18(19)35)32-25(38)44-26(3,4)27(28,29)30/h9-11,13,16,20,23H,6-8,12,14H2,1-5H3,(H,31,36)(H,32,38)/t20-,23-/m1/s1. The molecule has 1 fully saturated rings. The molecule has 0 unspecified atom stereocenters. The SMILES string of the molecule is CCn1cc(S(=O)(=O)N2C[C@H]([C@H](NC(C)=O)C3CC3)Oc3ccc(NC(=O)OC(C)(C)C(F)(F)F)cc32)c(OCC(=O)OC)n1. The van der Waals surface area contributed by atoms with Crippen LogP contribution in [0.4, 0.5) is 29.3 Å². The highest BCUT2D eigenvalue weighted by molar-refractivity contribution is 7.93. The van der Waals surface area contributed by atoms with Crippen LogP contribution in [0.25, 0.3) is 0 Å². The third-order valence-electron chi connectivity index (χ3n) is 7.17. The van der Waals surface area contributed by atoms with Crippen molar-refractivity contribution in [2.24, 2.45) is 5.92 Å². The number of benzene rings is 1. The highest BCUT2D eigenvalue weighted by Gasteiger charge is 2.51. The molecule has 1 aromatic carbocycles. The van der Waals surface area contributed by atoms with Gasteiger partial charge in [-0.05, 0) is 57.7 Å². The molecular weight excluding hydrogens is 627 g/mol. The number of carbonyl (C=O) groups is 3. The number of amides is 2. The Morgan fingerprint density at radius 3 is 2.47 bits per heavy atom. The van der Waals surface area contributed by atoms with Crippen LogP contribution < -0.4 is 24.4 Å². The number of nitrogens with zero attached hydrogens (tertiary/aromatic N) is 3. The number of methoxy groups -OCH3 is 1. The van der Waals surface area contributed by atoms with Crippen molar-refractivity contribution in [2.75, 3.05) is 29.9 Å². The predicted octanol–water partition coefficient (Wildman–Crippen LogP) is 3.22. The molecule has 1 aromatic heterocycles. The second-order valence-electron chi connectivity index (χ2n) is 11.0. The highest BCUT2D eigenvalue weighted by atomic mass is 32.2. The normalized spacial score (nSPS) is 17.4. The van der Waals surface area contributed by atoms with E-state index in [1.807, 2.05) is 0 Å². The van der Waals surface area contributed by atoms with E-state index in [4.69, 9.17) is 9.47 Å². The van der Waals surface area contributed by atoms with E-state index in [0.29, 0.717) is 13.8 Å². The van der Waals surface area contributed by atoms with Gasteiger partial charge in [-0.3, -0.25) is 19.1 Å². The van der Waals surface area contributed by atoms with Gasteiger partial charge < -0.3 is 24.3 Å². The fourth-order valence-corrected chi connectivity index (χ4v) is 6.09. The number of aromatic nitrogens is 2. The Bertz CT molecular complexity index is 1560. The van der Waals surface area contributed by atoms with E-state index in [9.17, 15) is 36.0 Å². The molecule has 248 valence electrons. The lowest BCUT2D eigenvalue weighted by Gasteiger charge is -2.39. The molecule has 45 heavy (non-hydrogen) atoms. The van der Waals surface area contributed by atoms with E-state index >= 15 is 0 Å². The number of sulfonamides is 1. The van der Waals surface area contributed by atoms with Crippen LogP contribution in [0.5, 0.6) is 11.6 Å². The summed E-state index contributed by atoms with van der Waals surface area (Å²) < 4.78 is 91.4. The number of carbonyl (C=O) groups excluding carboxylic acids is 3. The fraction of sp³-hybridized carbons (Fsp3) is 0.556. The molecule has 2 aromatic rings. The zero-order chi connectivity index (χ0) is 33.3. The van der Waals surface area contributed by atoms with Crippen LogP contribution in [-0.2, 0) is 35.6 Å². The number of halogens is 3. The first-order valence-electron chi connectivity index (χ1n) is 13.9. The van der Waals surface area contributed by atoms with Gasteiger partial charge in [0.1, 0.15) is 11.9 Å². The molecule has 4 rings (SSSR count). The number of aryl methyl sites for hydroxylation is 1. The van der Waals surface area contributed by atoms with Crippen molar-refractivity contribution in [2.45, 2.75) is 75.9 Å². The number of rotatable bonds is 11. The molecule has 2 aliphatic rings. The van der Waals surface area contributed by atoms with Gasteiger partial charge in [0.2, 0.25) is 11.5 Å². The maximum Gasteiger partial charge on any atom is 0.427 e. The second-order valence-corrected chi connectivity index (χ2v) is 12.8. The zero-order valence-corrected chi connectivity index (χ0v) is 26.0. The molecule has 0 spiro atoms. The molecule has 1 aliphatic carbocycles. The van der Waals surface area contributed by atoms with E-state index in [-0.39, 0.29) is 47.9 Å². The molecule has 0 bridgehead atoms. The minimum Gasteiger partial charge on any atom is -0.484 e. The first kappa shape index (κ1) is 33.7. The molecule has 18 heteroatoms. The van der Waals surface area contributed by atoms with Crippen LogP contribution >= 0.6 is 0 Å². The summed E-state index contributed by atoms with van der Waals surface area (Å²) in [6, 6.07) is 3.31. The summed E-state index contributed by atoms with van der Waals surface area (Å²) in [6.07, 6.45) is -4.33. The average Bonchev–Trinajstić information content (AvgIpc) is 3.70. The Hall–Kier alpha value is -4.22. The second kappa shape index (κ2) is 12.6. The lowest BCUT2D eigenvalue weighted by Crippen LogP contribution is -2.55. The van der Waals surface area contributed by atoms with Gasteiger partial charge in [0, 0.05) is 25.4 Å². The van der Waals surface area contributed by atoms with Crippen molar-refractivity contribution in [3.8, 4) is 11.6 Å². The number of anilines is 2. The van der Waals surface area contributed by atoms with Crippen LogP contribution in [0.1, 0.15) is 40.5 Å². The first-order valence-corrected chi connectivity index (χ1v) is 15.3. The van der Waals surface area contributed by atoms with Crippen molar-refractivity contribution in [3.63, 3.8) is 0 Å². The Morgan fingerprint density at radius 2 is 1.89 bits per heavy atom. The topological polar surface area (TPSA) is 167 Å². The molecule has 2 N–H and O–H groups in total. The summed E-state index contributed by atoms with van der Waals surface area (Å²) in [7, 11) is -3.42. The smallest absolute Gasteiger partial charge is 0.427 e. The molecular formula is C27H34F3N5O9S. The van der Waals surface area contributed by atoms with E-state index < -0.39 is 57.5 Å². The molecule has 2 atom stereocenters. The van der Waals surface area contributed by atoms with Crippen molar-refractivity contribution in [1.82, 2.24) is 15.1 Å². The van der Waals surface area contributed by atoms with Gasteiger partial charge in [-0.1, -0.05) is 0 Å². The van der Waals surface area contributed by atoms with E-state index in [2.05, 4.69) is 25.2 Å². The molecule has 14 nitrogen and oxygen atoms in total. The number of alkyl halides is 3. The summed E-state index contributed by atoms with van der Waals surface area (Å²) >= 11 is 0. The number of esters is 1. The van der Waals surface area contributed by atoms with Crippen LogP contribution in [-0.4, -0.2) is 80.4 Å². The largest absolute Gasteiger partial charge is 0.484 e. The molecule has 1 aliphatic heterocycles. The zero-order valence-electron chi connectivity index (χ0n) is 25.1.